The molecule has 0 radical (unpaired) electrons. The number of carboxylic acid groups (broad SMARTS) is 1. The molecule has 0 saturated carbocycles. The zero-order chi connectivity index (χ0) is 24.8. The molecule has 4 rings (SSSR count). The van der Waals surface area contributed by atoms with E-state index in [1.54, 1.807) is 12.3 Å². The molecule has 1 aromatic heterocycles. The van der Waals surface area contributed by atoms with E-state index in [4.69, 9.17) is 5.11 Å². The van der Waals surface area contributed by atoms with Crippen molar-refractivity contribution in [3.63, 3.8) is 0 Å². The third kappa shape index (κ3) is 7.00. The molecule has 0 spiro atoms. The number of hydrogen-bond donors (Lipinski definition) is 3. The summed E-state index contributed by atoms with van der Waals surface area (Å²) in [5.74, 6) is -0.698. The average molecular weight is 486 g/mol. The Kier molecular flexibility index (Phi) is 8.33. The monoisotopic (exact) mass is 485 g/mol. The molecule has 35 heavy (non-hydrogen) atoms. The van der Waals surface area contributed by atoms with Gasteiger partial charge in [-0.2, -0.15) is 0 Å². The lowest BCUT2D eigenvalue weighted by atomic mass is 9.90. The van der Waals surface area contributed by atoms with Crippen LogP contribution < -0.4 is 15.5 Å². The van der Waals surface area contributed by atoms with Gasteiger partial charge in [0.1, 0.15) is 11.7 Å². The van der Waals surface area contributed by atoms with Crippen molar-refractivity contribution < 1.29 is 24.3 Å². The Balaban J connectivity index is 1.18. The van der Waals surface area contributed by atoms with E-state index in [1.165, 1.54) is 0 Å². The normalized spacial score (nSPS) is 22.6. The van der Waals surface area contributed by atoms with Gasteiger partial charge >= 0.3 is 5.97 Å². The highest BCUT2D eigenvalue weighted by atomic mass is 16.4. The molecular formula is C25H35N5O5. The molecule has 3 saturated heterocycles. The Morgan fingerprint density at radius 2 is 1.74 bits per heavy atom. The lowest BCUT2D eigenvalue weighted by molar-refractivity contribution is -0.137. The van der Waals surface area contributed by atoms with Crippen molar-refractivity contribution >= 4 is 29.4 Å². The van der Waals surface area contributed by atoms with Crippen molar-refractivity contribution in [2.75, 3.05) is 37.6 Å². The number of rotatable bonds is 8. The summed E-state index contributed by atoms with van der Waals surface area (Å²) < 4.78 is 0. The van der Waals surface area contributed by atoms with Gasteiger partial charge in [-0.15, -0.1) is 0 Å². The molecule has 10 nitrogen and oxygen atoms in total. The predicted molar refractivity (Wildman–Crippen MR) is 129 cm³/mol. The molecule has 3 N–H and O–H groups in total. The number of aliphatic carboxylic acids is 1. The number of anilines is 1. The van der Waals surface area contributed by atoms with Gasteiger partial charge in [-0.1, -0.05) is 0 Å². The first-order chi connectivity index (χ1) is 16.9. The highest BCUT2D eigenvalue weighted by molar-refractivity contribution is 6.03. The zero-order valence-electron chi connectivity index (χ0n) is 20.1. The lowest BCUT2D eigenvalue weighted by Gasteiger charge is -2.38. The van der Waals surface area contributed by atoms with Gasteiger partial charge < -0.3 is 20.2 Å². The SMILES string of the molecule is O=C(O)CCC1CCN(CC2CCN(c3ccc(C(=O)NC4CCC(=O)NC4=O)nc3)CC2)CC1. The van der Waals surface area contributed by atoms with Crippen LogP contribution in [0, 0.1) is 11.8 Å². The van der Waals surface area contributed by atoms with Crippen molar-refractivity contribution in [2.45, 2.75) is 57.4 Å². The number of imide groups is 1. The third-order valence-electron chi connectivity index (χ3n) is 7.49. The van der Waals surface area contributed by atoms with Crippen LogP contribution in [0.5, 0.6) is 0 Å². The number of likely N-dealkylation sites (tertiary alicyclic amines) is 1. The highest BCUT2D eigenvalue weighted by Gasteiger charge is 2.29. The summed E-state index contributed by atoms with van der Waals surface area (Å²) >= 11 is 0. The number of amides is 3. The van der Waals surface area contributed by atoms with Gasteiger partial charge in [0.25, 0.3) is 5.91 Å². The van der Waals surface area contributed by atoms with Crippen molar-refractivity contribution in [3.8, 4) is 0 Å². The van der Waals surface area contributed by atoms with Crippen molar-refractivity contribution in [2.24, 2.45) is 11.8 Å². The van der Waals surface area contributed by atoms with E-state index in [1.807, 2.05) is 6.07 Å². The predicted octanol–water partition coefficient (Wildman–Crippen LogP) is 1.41. The maximum atomic E-state index is 12.5. The Bertz CT molecular complexity index is 921. The molecule has 3 amide bonds. The summed E-state index contributed by atoms with van der Waals surface area (Å²) in [5, 5.41) is 13.8. The van der Waals surface area contributed by atoms with E-state index in [-0.39, 0.29) is 24.4 Å². The number of pyridine rings is 1. The molecule has 1 atom stereocenters. The van der Waals surface area contributed by atoms with Gasteiger partial charge in [-0.05, 0) is 75.6 Å². The molecule has 3 aliphatic heterocycles. The number of hydrogen-bond acceptors (Lipinski definition) is 7. The second kappa shape index (κ2) is 11.6. The van der Waals surface area contributed by atoms with Crippen LogP contribution in [0.25, 0.3) is 0 Å². The van der Waals surface area contributed by atoms with Crippen molar-refractivity contribution in [3.05, 3.63) is 24.0 Å². The second-order valence-electron chi connectivity index (χ2n) is 9.99. The summed E-state index contributed by atoms with van der Waals surface area (Å²) in [6.45, 7) is 5.14. The molecule has 0 aliphatic carbocycles. The summed E-state index contributed by atoms with van der Waals surface area (Å²) in [7, 11) is 0. The van der Waals surface area contributed by atoms with E-state index in [0.717, 1.165) is 70.5 Å². The van der Waals surface area contributed by atoms with Gasteiger partial charge in [-0.3, -0.25) is 24.5 Å². The van der Waals surface area contributed by atoms with Crippen molar-refractivity contribution in [1.82, 2.24) is 20.5 Å². The Hall–Kier alpha value is -3.01. The van der Waals surface area contributed by atoms with Gasteiger partial charge in [0.05, 0.1) is 11.9 Å². The maximum Gasteiger partial charge on any atom is 0.303 e. The largest absolute Gasteiger partial charge is 0.481 e. The fourth-order valence-electron chi connectivity index (χ4n) is 5.30. The number of aromatic nitrogens is 1. The Morgan fingerprint density at radius 3 is 2.37 bits per heavy atom. The van der Waals surface area contributed by atoms with E-state index >= 15 is 0 Å². The zero-order valence-corrected chi connectivity index (χ0v) is 20.1. The topological polar surface area (TPSA) is 132 Å². The number of carbonyl (C=O) groups excluding carboxylic acids is 3. The number of piperidine rings is 3. The number of nitrogens with zero attached hydrogens (tertiary/aromatic N) is 3. The Morgan fingerprint density at radius 1 is 1.03 bits per heavy atom. The summed E-state index contributed by atoms with van der Waals surface area (Å²) in [4.78, 5) is 55.5. The number of carbonyl (C=O) groups is 4. The van der Waals surface area contributed by atoms with E-state index in [0.29, 0.717) is 18.3 Å². The molecule has 1 unspecified atom stereocenters. The molecule has 190 valence electrons. The van der Waals surface area contributed by atoms with E-state index in [2.05, 4.69) is 25.4 Å². The molecule has 3 fully saturated rings. The van der Waals surface area contributed by atoms with Crippen LogP contribution in [-0.4, -0.2) is 77.4 Å². The smallest absolute Gasteiger partial charge is 0.303 e. The highest BCUT2D eigenvalue weighted by Crippen LogP contribution is 2.27. The minimum atomic E-state index is -0.712. The Labute approximate surface area is 205 Å². The number of carboxylic acids is 1. The molecule has 10 heteroatoms. The molecule has 3 aliphatic rings. The maximum absolute atomic E-state index is 12.5. The minimum absolute atomic E-state index is 0.212. The van der Waals surface area contributed by atoms with Gasteiger partial charge in [0.2, 0.25) is 11.8 Å². The fourth-order valence-corrected chi connectivity index (χ4v) is 5.30. The van der Waals surface area contributed by atoms with Crippen LogP contribution in [0.1, 0.15) is 61.9 Å². The average Bonchev–Trinajstić information content (AvgIpc) is 2.86. The summed E-state index contributed by atoms with van der Waals surface area (Å²) in [5.41, 5.74) is 1.24. The van der Waals surface area contributed by atoms with Crippen molar-refractivity contribution in [1.29, 1.82) is 0 Å². The molecule has 0 aromatic carbocycles. The number of nitrogens with one attached hydrogen (secondary N) is 2. The molecule has 4 heterocycles. The van der Waals surface area contributed by atoms with E-state index in [9.17, 15) is 19.2 Å². The van der Waals surface area contributed by atoms with Crippen LogP contribution in [0.3, 0.4) is 0 Å². The first-order valence-electron chi connectivity index (χ1n) is 12.7. The molecule has 0 bridgehead atoms. The lowest BCUT2D eigenvalue weighted by Crippen LogP contribution is -2.52. The fraction of sp³-hybridized carbons (Fsp3) is 0.640. The van der Waals surface area contributed by atoms with Crippen LogP contribution >= 0.6 is 0 Å². The minimum Gasteiger partial charge on any atom is -0.481 e. The van der Waals surface area contributed by atoms with Gasteiger partial charge in [0.15, 0.2) is 0 Å². The quantitative estimate of drug-likeness (QED) is 0.471. The first kappa shape index (κ1) is 25.1. The van der Waals surface area contributed by atoms with E-state index < -0.39 is 23.8 Å². The van der Waals surface area contributed by atoms with Crippen LogP contribution in [0.2, 0.25) is 0 Å². The summed E-state index contributed by atoms with van der Waals surface area (Å²) in [6.07, 6.45) is 7.71. The molecular weight excluding hydrogens is 450 g/mol. The van der Waals surface area contributed by atoms with Crippen LogP contribution in [0.4, 0.5) is 5.69 Å². The van der Waals surface area contributed by atoms with Gasteiger partial charge in [0, 0.05) is 32.5 Å². The third-order valence-corrected chi connectivity index (χ3v) is 7.49. The standard InChI is InChI=1S/C25H35N5O5/c31-22-5-4-21(25(35)28-22)27-24(34)20-3-2-19(15-26-20)30-13-9-18(10-14-30)16-29-11-7-17(8-12-29)1-6-23(32)33/h2-3,15,17-18,21H,1,4-14,16H2,(H,27,34)(H,32,33)(H,28,31,35). The van der Waals surface area contributed by atoms with Crippen LogP contribution in [-0.2, 0) is 14.4 Å². The molecule has 1 aromatic rings. The second-order valence-corrected chi connectivity index (χ2v) is 9.99. The summed E-state index contributed by atoms with van der Waals surface area (Å²) in [6, 6.07) is 2.86. The first-order valence-corrected chi connectivity index (χ1v) is 12.7. The van der Waals surface area contributed by atoms with Crippen LogP contribution in [0.15, 0.2) is 18.3 Å². The van der Waals surface area contributed by atoms with Gasteiger partial charge in [-0.25, -0.2) is 4.98 Å².